The highest BCUT2D eigenvalue weighted by Gasteiger charge is 2.58. The van der Waals surface area contributed by atoms with Gasteiger partial charge in [-0.3, -0.25) is 19.2 Å². The van der Waals surface area contributed by atoms with Crippen molar-refractivity contribution in [3.05, 3.63) is 65.2 Å². The molecule has 10 heteroatoms. The number of nitrogens with one attached hydrogen (secondary N) is 1. The Bertz CT molecular complexity index is 1290. The maximum atomic E-state index is 13.6. The van der Waals surface area contributed by atoms with E-state index in [1.54, 1.807) is 17.0 Å². The zero-order valence-electron chi connectivity index (χ0n) is 20.4. The summed E-state index contributed by atoms with van der Waals surface area (Å²) in [4.78, 5) is 65.2. The van der Waals surface area contributed by atoms with E-state index in [4.69, 9.17) is 10.5 Å². The fourth-order valence-corrected chi connectivity index (χ4v) is 5.22. The van der Waals surface area contributed by atoms with Crippen LogP contribution in [0.1, 0.15) is 42.9 Å². The van der Waals surface area contributed by atoms with Gasteiger partial charge in [-0.1, -0.05) is 36.4 Å². The zero-order valence-corrected chi connectivity index (χ0v) is 20.4. The molecule has 3 N–H and O–H groups in total. The van der Waals surface area contributed by atoms with Crippen LogP contribution < -0.4 is 11.1 Å². The molecule has 0 aromatic heterocycles. The fraction of sp³-hybridized carbons (Fsp3) is 0.370. The topological polar surface area (TPSA) is 139 Å². The first-order chi connectivity index (χ1) is 17.7. The third-order valence-corrected chi connectivity index (χ3v) is 7.45. The summed E-state index contributed by atoms with van der Waals surface area (Å²) in [5.41, 5.74) is 6.00. The van der Waals surface area contributed by atoms with Gasteiger partial charge in [0.2, 0.25) is 11.5 Å². The van der Waals surface area contributed by atoms with Crippen LogP contribution in [-0.2, 0) is 42.5 Å². The highest BCUT2D eigenvalue weighted by molar-refractivity contribution is 6.39. The van der Waals surface area contributed by atoms with Crippen LogP contribution in [-0.4, -0.2) is 52.1 Å². The minimum absolute atomic E-state index is 0.0170. The largest absolute Gasteiger partial charge is 0.427 e. The van der Waals surface area contributed by atoms with E-state index in [0.717, 1.165) is 23.3 Å². The van der Waals surface area contributed by atoms with Gasteiger partial charge in [-0.2, -0.15) is 0 Å². The number of hydrogen-bond donors (Lipinski definition) is 2. The number of amides is 5. The third kappa shape index (κ3) is 4.54. The van der Waals surface area contributed by atoms with Crippen molar-refractivity contribution in [1.29, 1.82) is 0 Å². The number of nitrogens with zero attached hydrogens (tertiary/aromatic N) is 2. The van der Waals surface area contributed by atoms with Gasteiger partial charge in [0.15, 0.2) is 0 Å². The Kier molecular flexibility index (Phi) is 6.18. The molecule has 2 aromatic carbocycles. The number of nitrogens with two attached hydrogens (primary N) is 1. The Morgan fingerprint density at radius 1 is 1.16 bits per heavy atom. The molecule has 2 fully saturated rings. The summed E-state index contributed by atoms with van der Waals surface area (Å²) in [6.07, 6.45) is 1.88. The van der Waals surface area contributed by atoms with Crippen LogP contribution >= 0.6 is 0 Å². The van der Waals surface area contributed by atoms with Crippen LogP contribution in [0.2, 0.25) is 0 Å². The highest BCUT2D eigenvalue weighted by Crippen LogP contribution is 2.46. The minimum atomic E-state index is -1.51. The molecule has 2 aliphatic carbocycles. The predicted octanol–water partition coefficient (Wildman–Crippen LogP) is 2.06. The summed E-state index contributed by atoms with van der Waals surface area (Å²) in [5, 5.41) is 2.40. The molecule has 192 valence electrons. The van der Waals surface area contributed by atoms with E-state index >= 15 is 0 Å². The van der Waals surface area contributed by atoms with Gasteiger partial charge in [-0.05, 0) is 55.4 Å². The molecule has 0 radical (unpaired) electrons. The molecule has 5 rings (SSSR count). The Morgan fingerprint density at radius 3 is 2.57 bits per heavy atom. The number of aryl methyl sites for hydroxylation is 1. The summed E-state index contributed by atoms with van der Waals surface area (Å²) in [5.74, 6) is -2.55. The van der Waals surface area contributed by atoms with Gasteiger partial charge in [0.25, 0.3) is 5.91 Å². The van der Waals surface area contributed by atoms with Crippen LogP contribution in [0.3, 0.4) is 0 Å². The number of hydrogen-bond acceptors (Lipinski definition) is 6. The van der Waals surface area contributed by atoms with Crippen molar-refractivity contribution in [2.75, 3.05) is 11.9 Å². The number of carbonyl (C=O) groups is 5. The van der Waals surface area contributed by atoms with Crippen LogP contribution in [0.5, 0.6) is 0 Å². The van der Waals surface area contributed by atoms with E-state index in [2.05, 4.69) is 5.32 Å². The summed E-state index contributed by atoms with van der Waals surface area (Å²) in [7, 11) is 0. The van der Waals surface area contributed by atoms with Crippen molar-refractivity contribution in [3.63, 3.8) is 0 Å². The second-order valence-corrected chi connectivity index (χ2v) is 9.86. The monoisotopic (exact) mass is 504 g/mol. The van der Waals surface area contributed by atoms with E-state index in [0.29, 0.717) is 35.7 Å². The SMILES string of the molecule is C[C@@H](C1CC1)N(Cc1ccccc1)C(=O)CN1C(=O)OC2(CCc3cc(NC(=O)C(N)=O)ccc32)C1=O. The third-order valence-electron chi connectivity index (χ3n) is 7.45. The van der Waals surface area contributed by atoms with E-state index in [9.17, 15) is 24.0 Å². The molecule has 2 atom stereocenters. The summed E-state index contributed by atoms with van der Waals surface area (Å²) >= 11 is 0. The lowest BCUT2D eigenvalue weighted by Crippen LogP contribution is -2.47. The Hall–Kier alpha value is -4.21. The van der Waals surface area contributed by atoms with E-state index in [1.165, 1.54) is 6.07 Å². The smallest absolute Gasteiger partial charge is 0.418 e. The van der Waals surface area contributed by atoms with Crippen LogP contribution in [0.25, 0.3) is 0 Å². The summed E-state index contributed by atoms with van der Waals surface area (Å²) < 4.78 is 5.64. The number of anilines is 1. The lowest BCUT2D eigenvalue weighted by molar-refractivity contribution is -0.143. The molecule has 1 aliphatic heterocycles. The van der Waals surface area contributed by atoms with Crippen molar-refractivity contribution in [1.82, 2.24) is 9.80 Å². The quantitative estimate of drug-likeness (QED) is 0.554. The molecule has 1 spiro atoms. The average molecular weight is 505 g/mol. The first-order valence-corrected chi connectivity index (χ1v) is 12.3. The molecule has 1 heterocycles. The Morgan fingerprint density at radius 2 is 1.89 bits per heavy atom. The molecule has 0 bridgehead atoms. The highest BCUT2D eigenvalue weighted by atomic mass is 16.6. The summed E-state index contributed by atoms with van der Waals surface area (Å²) in [6, 6.07) is 14.3. The van der Waals surface area contributed by atoms with Gasteiger partial charge in [-0.25, -0.2) is 9.69 Å². The van der Waals surface area contributed by atoms with Gasteiger partial charge in [0, 0.05) is 30.3 Å². The lowest BCUT2D eigenvalue weighted by Gasteiger charge is -2.30. The number of carbonyl (C=O) groups excluding carboxylic acids is 5. The predicted molar refractivity (Wildman–Crippen MR) is 132 cm³/mol. The number of benzene rings is 2. The normalized spacial score (nSPS) is 20.9. The lowest BCUT2D eigenvalue weighted by atomic mass is 9.94. The van der Waals surface area contributed by atoms with Gasteiger partial charge < -0.3 is 20.7 Å². The van der Waals surface area contributed by atoms with Crippen molar-refractivity contribution in [2.45, 2.75) is 50.8 Å². The Labute approximate surface area is 213 Å². The zero-order chi connectivity index (χ0) is 26.3. The first kappa shape index (κ1) is 24.5. The van der Waals surface area contributed by atoms with Crippen molar-refractivity contribution in [2.24, 2.45) is 11.7 Å². The second kappa shape index (κ2) is 9.34. The van der Waals surface area contributed by atoms with Gasteiger partial charge >= 0.3 is 17.9 Å². The molecular weight excluding hydrogens is 476 g/mol. The van der Waals surface area contributed by atoms with Crippen molar-refractivity contribution < 1.29 is 28.7 Å². The van der Waals surface area contributed by atoms with Gasteiger partial charge in [-0.15, -0.1) is 0 Å². The Balaban J connectivity index is 1.34. The van der Waals surface area contributed by atoms with Gasteiger partial charge in [0.1, 0.15) is 6.54 Å². The molecule has 1 unspecified atom stereocenters. The number of imide groups is 1. The van der Waals surface area contributed by atoms with Crippen molar-refractivity contribution >= 4 is 35.4 Å². The van der Waals surface area contributed by atoms with Gasteiger partial charge in [0.05, 0.1) is 0 Å². The number of primary amides is 1. The molecule has 5 amide bonds. The molecule has 2 aromatic rings. The van der Waals surface area contributed by atoms with Crippen LogP contribution in [0.15, 0.2) is 48.5 Å². The fourth-order valence-electron chi connectivity index (χ4n) is 5.22. The summed E-state index contributed by atoms with van der Waals surface area (Å²) in [6.45, 7) is 2.00. The second-order valence-electron chi connectivity index (χ2n) is 9.86. The average Bonchev–Trinajstić information content (AvgIpc) is 3.63. The molecule has 10 nitrogen and oxygen atoms in total. The van der Waals surface area contributed by atoms with Crippen LogP contribution in [0.4, 0.5) is 10.5 Å². The first-order valence-electron chi connectivity index (χ1n) is 12.3. The minimum Gasteiger partial charge on any atom is -0.427 e. The molecule has 1 saturated carbocycles. The van der Waals surface area contributed by atoms with E-state index in [-0.39, 0.29) is 18.4 Å². The molecular formula is C27H28N4O6. The van der Waals surface area contributed by atoms with E-state index < -0.39 is 36.0 Å². The standard InChI is InChI=1S/C27H28N4O6/c1-16(18-7-8-18)30(14-17-5-3-2-4-6-17)22(32)15-31-25(35)27(37-26(31)36)12-11-19-13-20(9-10-21(19)27)29-24(34)23(28)33/h2-6,9-10,13,16,18H,7-8,11-12,14-15H2,1H3,(H2,28,33)(H,29,34)/t16-,27?/m0/s1. The number of rotatable bonds is 7. The van der Waals surface area contributed by atoms with Crippen molar-refractivity contribution in [3.8, 4) is 0 Å². The number of fused-ring (bicyclic) bond motifs is 2. The molecule has 1 saturated heterocycles. The molecule has 3 aliphatic rings. The maximum absolute atomic E-state index is 13.6. The molecule has 37 heavy (non-hydrogen) atoms. The maximum Gasteiger partial charge on any atom is 0.418 e. The van der Waals surface area contributed by atoms with Crippen LogP contribution in [0, 0.1) is 5.92 Å². The number of ether oxygens (including phenoxy) is 1. The van der Waals surface area contributed by atoms with E-state index in [1.807, 2.05) is 37.3 Å².